The molecule has 3 aromatic rings. The maximum atomic E-state index is 14.4. The number of rotatable bonds is 3. The van der Waals surface area contributed by atoms with Crippen LogP contribution in [0.3, 0.4) is 0 Å². The van der Waals surface area contributed by atoms with E-state index in [1.165, 1.54) is 24.4 Å². The Kier molecular flexibility index (Phi) is 4.51. The second-order valence-corrected chi connectivity index (χ2v) is 6.87. The summed E-state index contributed by atoms with van der Waals surface area (Å²) in [5.41, 5.74) is -0.0403. The van der Waals surface area contributed by atoms with E-state index in [4.69, 9.17) is 5.14 Å². The van der Waals surface area contributed by atoms with Crippen LogP contribution in [0.1, 0.15) is 0 Å². The molecule has 26 heavy (non-hydrogen) atoms. The van der Waals surface area contributed by atoms with Crippen LogP contribution in [-0.4, -0.2) is 13.4 Å². The molecule has 9 heteroatoms. The molecule has 0 unspecified atom stereocenters. The number of hydrogen-bond acceptors (Lipinski definition) is 3. The van der Waals surface area contributed by atoms with Crippen LogP contribution in [0.5, 0.6) is 0 Å². The normalized spacial score (nSPS) is 11.6. The zero-order chi connectivity index (χ0) is 19.1. The third-order valence-corrected chi connectivity index (χ3v) is 4.54. The molecule has 0 radical (unpaired) electrons. The Morgan fingerprint density at radius 1 is 0.808 bits per heavy atom. The van der Waals surface area contributed by atoms with Crippen molar-refractivity contribution in [2.24, 2.45) is 5.14 Å². The molecule has 0 bridgehead atoms. The Labute approximate surface area is 146 Å². The first-order valence-electron chi connectivity index (χ1n) is 7.11. The number of halogens is 4. The molecule has 0 amide bonds. The van der Waals surface area contributed by atoms with Gasteiger partial charge in [0.1, 0.15) is 16.5 Å². The van der Waals surface area contributed by atoms with Crippen molar-refractivity contribution in [2.75, 3.05) is 0 Å². The lowest BCUT2D eigenvalue weighted by Crippen LogP contribution is -2.14. The largest absolute Gasteiger partial charge is 0.256 e. The molecule has 3 rings (SSSR count). The van der Waals surface area contributed by atoms with Crippen molar-refractivity contribution >= 4 is 10.0 Å². The number of nitrogens with zero attached hydrogens (tertiary/aromatic N) is 1. The van der Waals surface area contributed by atoms with Crippen LogP contribution in [0, 0.1) is 23.3 Å². The van der Waals surface area contributed by atoms with E-state index >= 15 is 0 Å². The Balaban J connectivity index is 2.23. The lowest BCUT2D eigenvalue weighted by atomic mass is 9.98. The van der Waals surface area contributed by atoms with Crippen molar-refractivity contribution in [2.45, 2.75) is 4.90 Å². The molecule has 0 aliphatic heterocycles. The summed E-state index contributed by atoms with van der Waals surface area (Å²) in [6, 6.07) is 6.93. The Morgan fingerprint density at radius 3 is 2.19 bits per heavy atom. The van der Waals surface area contributed by atoms with Gasteiger partial charge in [-0.05, 0) is 36.4 Å². The van der Waals surface area contributed by atoms with Gasteiger partial charge in [-0.2, -0.15) is 0 Å². The molecular formula is C17H10F4N2O2S. The van der Waals surface area contributed by atoms with Crippen molar-refractivity contribution in [1.29, 1.82) is 0 Å². The molecule has 0 fully saturated rings. The minimum Gasteiger partial charge on any atom is -0.256 e. The molecule has 4 nitrogen and oxygen atoms in total. The number of pyridine rings is 1. The fourth-order valence-corrected chi connectivity index (χ4v) is 3.05. The number of nitrogens with two attached hydrogens (primary N) is 1. The van der Waals surface area contributed by atoms with E-state index in [1.807, 2.05) is 0 Å². The first kappa shape index (κ1) is 18.0. The van der Waals surface area contributed by atoms with Crippen LogP contribution >= 0.6 is 0 Å². The van der Waals surface area contributed by atoms with Gasteiger partial charge in [-0.1, -0.05) is 6.07 Å². The highest BCUT2D eigenvalue weighted by Gasteiger charge is 2.21. The fraction of sp³-hybridized carbons (Fsp3) is 0. The number of hydrogen-bond donors (Lipinski definition) is 1. The highest BCUT2D eigenvalue weighted by molar-refractivity contribution is 7.89. The highest BCUT2D eigenvalue weighted by Crippen LogP contribution is 2.34. The molecule has 2 N–H and O–H groups in total. The zero-order valence-corrected chi connectivity index (χ0v) is 13.7. The molecule has 1 heterocycles. The SMILES string of the molecule is NS(=O)(=O)c1cc(F)c(-c2cccnc2-c2ccc(F)c(F)c2)cc1F. The molecule has 0 spiro atoms. The smallest absolute Gasteiger partial charge is 0.241 e. The Hall–Kier alpha value is -2.78. The standard InChI is InChI=1S/C17H10F4N2O2S/c18-12-4-3-9(6-14(12)20)17-10(2-1-5-23-17)11-7-15(21)16(8-13(11)19)26(22,24)25/h1-8H,(H2,22,24,25). The highest BCUT2D eigenvalue weighted by atomic mass is 32.2. The van der Waals surface area contributed by atoms with Crippen molar-refractivity contribution in [3.05, 3.63) is 71.9 Å². The molecule has 0 atom stereocenters. The van der Waals surface area contributed by atoms with Gasteiger partial charge in [0.2, 0.25) is 10.0 Å². The van der Waals surface area contributed by atoms with Gasteiger partial charge in [-0.3, -0.25) is 4.98 Å². The van der Waals surface area contributed by atoms with Gasteiger partial charge < -0.3 is 0 Å². The van der Waals surface area contributed by atoms with E-state index in [-0.39, 0.29) is 22.4 Å². The van der Waals surface area contributed by atoms with Crippen molar-refractivity contribution in [1.82, 2.24) is 4.98 Å². The molecule has 0 saturated heterocycles. The maximum Gasteiger partial charge on any atom is 0.241 e. The molecule has 1 aromatic heterocycles. The van der Waals surface area contributed by atoms with E-state index in [0.29, 0.717) is 12.1 Å². The average Bonchev–Trinajstić information content (AvgIpc) is 2.58. The molecule has 2 aromatic carbocycles. The lowest BCUT2D eigenvalue weighted by Gasteiger charge is -2.11. The minimum atomic E-state index is -4.45. The van der Waals surface area contributed by atoms with Gasteiger partial charge >= 0.3 is 0 Å². The predicted octanol–water partition coefficient (Wildman–Crippen LogP) is 3.62. The summed E-state index contributed by atoms with van der Waals surface area (Å²) in [6.07, 6.45) is 1.34. The second-order valence-electron chi connectivity index (χ2n) is 5.34. The van der Waals surface area contributed by atoms with Crippen LogP contribution in [0.25, 0.3) is 22.4 Å². The summed E-state index contributed by atoms with van der Waals surface area (Å²) in [4.78, 5) is 3.03. The van der Waals surface area contributed by atoms with Crippen molar-refractivity contribution < 1.29 is 26.0 Å². The minimum absolute atomic E-state index is 0.0630. The topological polar surface area (TPSA) is 73.1 Å². The van der Waals surface area contributed by atoms with Crippen molar-refractivity contribution in [3.63, 3.8) is 0 Å². The number of primary sulfonamides is 1. The monoisotopic (exact) mass is 382 g/mol. The average molecular weight is 382 g/mol. The summed E-state index contributed by atoms with van der Waals surface area (Å²) >= 11 is 0. The molecule has 134 valence electrons. The number of sulfonamides is 1. The van der Waals surface area contributed by atoms with Gasteiger partial charge in [0.25, 0.3) is 0 Å². The van der Waals surface area contributed by atoms with Crippen LogP contribution in [0.4, 0.5) is 17.6 Å². The van der Waals surface area contributed by atoms with Crippen LogP contribution in [0.2, 0.25) is 0 Å². The number of aromatic nitrogens is 1. The fourth-order valence-electron chi connectivity index (χ4n) is 2.45. The number of benzene rings is 2. The second kappa shape index (κ2) is 6.50. The van der Waals surface area contributed by atoms with Crippen LogP contribution in [0.15, 0.2) is 53.6 Å². The summed E-state index contributed by atoms with van der Waals surface area (Å²) < 4.78 is 77.8. The Morgan fingerprint density at radius 2 is 1.54 bits per heavy atom. The lowest BCUT2D eigenvalue weighted by molar-refractivity contribution is 0.509. The molecule has 0 aliphatic rings. The van der Waals surface area contributed by atoms with Crippen LogP contribution in [-0.2, 0) is 10.0 Å². The summed E-state index contributed by atoms with van der Waals surface area (Å²) in [7, 11) is -4.45. The predicted molar refractivity (Wildman–Crippen MR) is 86.3 cm³/mol. The van der Waals surface area contributed by atoms with Gasteiger partial charge in [0, 0.05) is 22.9 Å². The third-order valence-electron chi connectivity index (χ3n) is 3.62. The summed E-state index contributed by atoms with van der Waals surface area (Å²) in [5.74, 6) is -4.51. The van der Waals surface area contributed by atoms with Gasteiger partial charge in [-0.15, -0.1) is 0 Å². The molecular weight excluding hydrogens is 372 g/mol. The Bertz CT molecular complexity index is 1120. The molecule has 0 saturated carbocycles. The quantitative estimate of drug-likeness (QED) is 0.704. The van der Waals surface area contributed by atoms with E-state index in [1.54, 1.807) is 0 Å². The van der Waals surface area contributed by atoms with Gasteiger partial charge in [0.05, 0.1) is 5.69 Å². The zero-order valence-electron chi connectivity index (χ0n) is 12.9. The third kappa shape index (κ3) is 3.31. The molecule has 0 aliphatic carbocycles. The van der Waals surface area contributed by atoms with E-state index < -0.39 is 38.2 Å². The van der Waals surface area contributed by atoms with Gasteiger partial charge in [-0.25, -0.2) is 31.1 Å². The van der Waals surface area contributed by atoms with Crippen molar-refractivity contribution in [3.8, 4) is 22.4 Å². The first-order valence-corrected chi connectivity index (χ1v) is 8.66. The van der Waals surface area contributed by atoms with E-state index in [9.17, 15) is 26.0 Å². The van der Waals surface area contributed by atoms with E-state index in [2.05, 4.69) is 4.98 Å². The van der Waals surface area contributed by atoms with Crippen LogP contribution < -0.4 is 5.14 Å². The van der Waals surface area contributed by atoms with Gasteiger partial charge in [0.15, 0.2) is 11.6 Å². The summed E-state index contributed by atoms with van der Waals surface area (Å²) in [6.45, 7) is 0. The first-order chi connectivity index (χ1) is 12.2. The summed E-state index contributed by atoms with van der Waals surface area (Å²) in [5, 5.41) is 4.84. The maximum absolute atomic E-state index is 14.4. The van der Waals surface area contributed by atoms with E-state index in [0.717, 1.165) is 12.1 Å².